The van der Waals surface area contributed by atoms with Crippen LogP contribution in [0.3, 0.4) is 0 Å². The lowest BCUT2D eigenvalue weighted by atomic mass is 10.3. The average molecular weight is 281 g/mol. The number of anilines is 3. The fraction of sp³-hybridized carbons (Fsp3) is 0.231. The van der Waals surface area contributed by atoms with Gasteiger partial charge in [-0.05, 0) is 30.7 Å². The summed E-state index contributed by atoms with van der Waals surface area (Å²) in [5.74, 6) is 0.634. The van der Waals surface area contributed by atoms with E-state index >= 15 is 0 Å². The van der Waals surface area contributed by atoms with Gasteiger partial charge in [0.1, 0.15) is 11.6 Å². The van der Waals surface area contributed by atoms with Crippen LogP contribution in [-0.2, 0) is 0 Å². The fourth-order valence-electron chi connectivity index (χ4n) is 1.48. The molecule has 6 heteroatoms. The monoisotopic (exact) mass is 280 g/mol. The van der Waals surface area contributed by atoms with Gasteiger partial charge < -0.3 is 10.6 Å². The molecule has 0 saturated heterocycles. The van der Waals surface area contributed by atoms with Crippen LogP contribution >= 0.6 is 11.6 Å². The van der Waals surface area contributed by atoms with Crippen molar-refractivity contribution >= 4 is 29.1 Å². The third kappa shape index (κ3) is 3.79. The van der Waals surface area contributed by atoms with E-state index in [0.717, 1.165) is 13.0 Å². The molecule has 1 aromatic carbocycles. The van der Waals surface area contributed by atoms with Crippen LogP contribution in [-0.4, -0.2) is 16.5 Å². The molecule has 0 unspecified atom stereocenters. The Kier molecular flexibility index (Phi) is 4.52. The number of hydrogen-bond acceptors (Lipinski definition) is 4. The topological polar surface area (TPSA) is 49.8 Å². The maximum atomic E-state index is 13.6. The molecule has 0 atom stereocenters. The van der Waals surface area contributed by atoms with Gasteiger partial charge in [-0.3, -0.25) is 0 Å². The fourth-order valence-corrected chi connectivity index (χ4v) is 1.65. The summed E-state index contributed by atoms with van der Waals surface area (Å²) in [6.45, 7) is 2.84. The van der Waals surface area contributed by atoms with E-state index in [0.29, 0.717) is 16.8 Å². The van der Waals surface area contributed by atoms with Gasteiger partial charge in [-0.25, -0.2) is 9.37 Å². The summed E-state index contributed by atoms with van der Waals surface area (Å²) in [6, 6.07) is 5.98. The molecule has 19 heavy (non-hydrogen) atoms. The second-order valence-electron chi connectivity index (χ2n) is 3.94. The Labute approximate surface area is 116 Å². The van der Waals surface area contributed by atoms with E-state index in [1.165, 1.54) is 18.2 Å². The molecule has 0 bridgehead atoms. The molecule has 1 aromatic heterocycles. The minimum absolute atomic E-state index is 0.285. The van der Waals surface area contributed by atoms with Gasteiger partial charge in [0.2, 0.25) is 5.95 Å². The standard InChI is InChI=1S/C13H14ClFN4/c1-2-6-16-13-17-7-5-12(19-13)18-11-8-9(14)3-4-10(11)15/h3-5,7-8H,2,6H2,1H3,(H2,16,17,18,19). The summed E-state index contributed by atoms with van der Waals surface area (Å²) in [4.78, 5) is 8.31. The molecular formula is C13H14ClFN4. The minimum Gasteiger partial charge on any atom is -0.354 e. The third-order valence-electron chi connectivity index (χ3n) is 2.38. The molecule has 0 aliphatic rings. The Balaban J connectivity index is 2.16. The highest BCUT2D eigenvalue weighted by Crippen LogP contribution is 2.22. The molecule has 4 nitrogen and oxygen atoms in total. The molecule has 0 saturated carbocycles. The predicted molar refractivity (Wildman–Crippen MR) is 75.5 cm³/mol. The van der Waals surface area contributed by atoms with Crippen molar-refractivity contribution in [3.63, 3.8) is 0 Å². The highest BCUT2D eigenvalue weighted by molar-refractivity contribution is 6.30. The maximum absolute atomic E-state index is 13.6. The average Bonchev–Trinajstić information content (AvgIpc) is 2.41. The molecule has 2 aromatic rings. The van der Waals surface area contributed by atoms with Crippen molar-refractivity contribution in [1.29, 1.82) is 0 Å². The van der Waals surface area contributed by atoms with Crippen LogP contribution in [0.2, 0.25) is 5.02 Å². The van der Waals surface area contributed by atoms with Gasteiger partial charge >= 0.3 is 0 Å². The lowest BCUT2D eigenvalue weighted by molar-refractivity contribution is 0.632. The smallest absolute Gasteiger partial charge is 0.224 e. The summed E-state index contributed by atoms with van der Waals surface area (Å²) in [5.41, 5.74) is 0.285. The zero-order valence-corrected chi connectivity index (χ0v) is 11.2. The quantitative estimate of drug-likeness (QED) is 0.874. The summed E-state index contributed by atoms with van der Waals surface area (Å²) in [5, 5.41) is 6.40. The molecule has 0 spiro atoms. The Morgan fingerprint density at radius 3 is 2.95 bits per heavy atom. The number of halogens is 2. The highest BCUT2D eigenvalue weighted by Gasteiger charge is 2.05. The Hall–Kier alpha value is -1.88. The Morgan fingerprint density at radius 2 is 2.16 bits per heavy atom. The number of nitrogens with zero attached hydrogens (tertiary/aromatic N) is 2. The first kappa shape index (κ1) is 13.5. The first-order valence-corrected chi connectivity index (χ1v) is 6.36. The van der Waals surface area contributed by atoms with E-state index < -0.39 is 0 Å². The number of rotatable bonds is 5. The van der Waals surface area contributed by atoms with E-state index in [9.17, 15) is 4.39 Å². The lowest BCUT2D eigenvalue weighted by Gasteiger charge is -2.09. The molecule has 0 aliphatic carbocycles. The molecule has 0 radical (unpaired) electrons. The molecule has 1 heterocycles. The van der Waals surface area contributed by atoms with Gasteiger partial charge in [0.15, 0.2) is 0 Å². The van der Waals surface area contributed by atoms with Gasteiger partial charge in [-0.2, -0.15) is 4.98 Å². The van der Waals surface area contributed by atoms with Gasteiger partial charge in [0, 0.05) is 17.8 Å². The first-order valence-electron chi connectivity index (χ1n) is 5.98. The summed E-state index contributed by atoms with van der Waals surface area (Å²) >= 11 is 5.83. The van der Waals surface area contributed by atoms with Crippen molar-refractivity contribution < 1.29 is 4.39 Å². The largest absolute Gasteiger partial charge is 0.354 e. The van der Waals surface area contributed by atoms with Crippen LogP contribution in [0.1, 0.15) is 13.3 Å². The second kappa shape index (κ2) is 6.33. The van der Waals surface area contributed by atoms with Crippen molar-refractivity contribution in [2.45, 2.75) is 13.3 Å². The van der Waals surface area contributed by atoms with Crippen LogP contribution in [0.4, 0.5) is 21.8 Å². The van der Waals surface area contributed by atoms with E-state index in [2.05, 4.69) is 27.5 Å². The van der Waals surface area contributed by atoms with Crippen molar-refractivity contribution in [3.8, 4) is 0 Å². The molecule has 2 rings (SSSR count). The molecule has 0 amide bonds. The predicted octanol–water partition coefficient (Wildman–Crippen LogP) is 3.83. The number of benzene rings is 1. The van der Waals surface area contributed by atoms with Crippen LogP contribution in [0.25, 0.3) is 0 Å². The normalized spacial score (nSPS) is 10.3. The zero-order chi connectivity index (χ0) is 13.7. The van der Waals surface area contributed by atoms with Gasteiger partial charge in [0.25, 0.3) is 0 Å². The van der Waals surface area contributed by atoms with Crippen LogP contribution < -0.4 is 10.6 Å². The van der Waals surface area contributed by atoms with Crippen molar-refractivity contribution in [2.24, 2.45) is 0 Å². The summed E-state index contributed by atoms with van der Waals surface area (Å²) in [7, 11) is 0. The van der Waals surface area contributed by atoms with Crippen LogP contribution in [0.5, 0.6) is 0 Å². The molecule has 100 valence electrons. The van der Waals surface area contributed by atoms with Crippen LogP contribution in [0.15, 0.2) is 30.5 Å². The van der Waals surface area contributed by atoms with Gasteiger partial charge in [0.05, 0.1) is 5.69 Å². The lowest BCUT2D eigenvalue weighted by Crippen LogP contribution is -2.05. The molecule has 0 aliphatic heterocycles. The van der Waals surface area contributed by atoms with Crippen molar-refractivity contribution in [3.05, 3.63) is 41.3 Å². The van der Waals surface area contributed by atoms with E-state index in [1.54, 1.807) is 12.3 Å². The van der Waals surface area contributed by atoms with Crippen molar-refractivity contribution in [1.82, 2.24) is 9.97 Å². The molecular weight excluding hydrogens is 267 g/mol. The molecule has 0 fully saturated rings. The maximum Gasteiger partial charge on any atom is 0.224 e. The minimum atomic E-state index is -0.383. The summed E-state index contributed by atoms with van der Waals surface area (Å²) in [6.07, 6.45) is 2.58. The van der Waals surface area contributed by atoms with E-state index in [4.69, 9.17) is 11.6 Å². The van der Waals surface area contributed by atoms with Gasteiger partial charge in [-0.15, -0.1) is 0 Å². The summed E-state index contributed by atoms with van der Waals surface area (Å²) < 4.78 is 13.6. The highest BCUT2D eigenvalue weighted by atomic mass is 35.5. The number of hydrogen-bond donors (Lipinski definition) is 2. The van der Waals surface area contributed by atoms with Crippen molar-refractivity contribution in [2.75, 3.05) is 17.2 Å². The first-order chi connectivity index (χ1) is 9.19. The molecule has 2 N–H and O–H groups in total. The van der Waals surface area contributed by atoms with E-state index in [1.807, 2.05) is 0 Å². The van der Waals surface area contributed by atoms with Crippen LogP contribution in [0, 0.1) is 5.82 Å². The number of nitrogens with one attached hydrogen (secondary N) is 2. The Bertz CT molecular complexity index is 562. The number of aromatic nitrogens is 2. The SMILES string of the molecule is CCCNc1nccc(Nc2cc(Cl)ccc2F)n1. The third-order valence-corrected chi connectivity index (χ3v) is 2.61. The zero-order valence-electron chi connectivity index (χ0n) is 10.5. The van der Waals surface area contributed by atoms with E-state index in [-0.39, 0.29) is 11.5 Å². The van der Waals surface area contributed by atoms with Gasteiger partial charge in [-0.1, -0.05) is 18.5 Å². The second-order valence-corrected chi connectivity index (χ2v) is 4.38. The Morgan fingerprint density at radius 1 is 1.32 bits per heavy atom.